The summed E-state index contributed by atoms with van der Waals surface area (Å²) in [6.07, 6.45) is 4.97. The topological polar surface area (TPSA) is 79.7 Å². The molecule has 1 amide bonds. The average molecular weight is 297 g/mol. The number of aromatic amines is 1. The monoisotopic (exact) mass is 296 g/mol. The summed E-state index contributed by atoms with van der Waals surface area (Å²) in [5.74, 6) is 0.162. The number of aromatic nitrogens is 5. The molecule has 8 heteroatoms. The van der Waals surface area contributed by atoms with Gasteiger partial charge in [-0.2, -0.15) is 10.2 Å². The van der Waals surface area contributed by atoms with Crippen LogP contribution >= 0.6 is 15.9 Å². The Morgan fingerprint density at radius 2 is 2.35 bits per heavy atom. The summed E-state index contributed by atoms with van der Waals surface area (Å²) in [6, 6.07) is 0.244. The molecule has 1 saturated heterocycles. The van der Waals surface area contributed by atoms with Gasteiger partial charge in [0.25, 0.3) is 5.91 Å². The van der Waals surface area contributed by atoms with E-state index in [9.17, 15) is 4.79 Å². The van der Waals surface area contributed by atoms with Gasteiger partial charge in [0, 0.05) is 19.3 Å². The van der Waals surface area contributed by atoms with E-state index in [1.807, 2.05) is 10.9 Å². The Morgan fingerprint density at radius 3 is 2.94 bits per heavy atom. The zero-order chi connectivity index (χ0) is 11.8. The third kappa shape index (κ3) is 1.84. The van der Waals surface area contributed by atoms with Crippen molar-refractivity contribution in [2.24, 2.45) is 0 Å². The molecule has 88 valence electrons. The number of hydrogen-bond donors (Lipinski definition) is 1. The number of nitrogens with one attached hydrogen (secondary N) is 1. The first kappa shape index (κ1) is 10.5. The Kier molecular flexibility index (Phi) is 2.43. The largest absolute Gasteiger partial charge is 0.332 e. The maximum atomic E-state index is 11.8. The average Bonchev–Trinajstić information content (AvgIpc) is 2.86. The van der Waals surface area contributed by atoms with Crippen LogP contribution in [0.15, 0.2) is 23.2 Å². The highest BCUT2D eigenvalue weighted by Crippen LogP contribution is 2.23. The van der Waals surface area contributed by atoms with Crippen molar-refractivity contribution >= 4 is 21.8 Å². The second-order valence-electron chi connectivity index (χ2n) is 3.84. The normalized spacial score (nSPS) is 15.9. The van der Waals surface area contributed by atoms with E-state index < -0.39 is 0 Å². The number of likely N-dealkylation sites (tertiary alicyclic amines) is 1. The van der Waals surface area contributed by atoms with Gasteiger partial charge in [0.1, 0.15) is 6.33 Å². The molecule has 0 radical (unpaired) electrons. The van der Waals surface area contributed by atoms with Crippen molar-refractivity contribution in [3.05, 3.63) is 29.0 Å². The minimum atomic E-state index is -0.120. The fourth-order valence-electron chi connectivity index (χ4n) is 1.76. The molecule has 7 nitrogen and oxygen atoms in total. The molecular weight excluding hydrogens is 288 g/mol. The van der Waals surface area contributed by atoms with Crippen molar-refractivity contribution in [1.82, 2.24) is 29.9 Å². The molecule has 2 aromatic rings. The maximum absolute atomic E-state index is 11.8. The highest BCUT2D eigenvalue weighted by molar-refractivity contribution is 9.10. The molecule has 1 aliphatic rings. The van der Waals surface area contributed by atoms with Crippen LogP contribution in [-0.2, 0) is 0 Å². The fraction of sp³-hybridized carbons (Fsp3) is 0.333. The first-order valence-electron chi connectivity index (χ1n) is 5.08. The van der Waals surface area contributed by atoms with Crippen molar-refractivity contribution in [3.63, 3.8) is 0 Å². The molecule has 0 bridgehead atoms. The quantitative estimate of drug-likeness (QED) is 0.873. The van der Waals surface area contributed by atoms with Gasteiger partial charge in [-0.15, -0.1) is 0 Å². The predicted octanol–water partition coefficient (Wildman–Crippen LogP) is 0.461. The molecule has 3 heterocycles. The highest BCUT2D eigenvalue weighted by atomic mass is 79.9. The Labute approximate surface area is 105 Å². The van der Waals surface area contributed by atoms with E-state index in [1.54, 1.807) is 11.1 Å². The van der Waals surface area contributed by atoms with Crippen LogP contribution in [0, 0.1) is 0 Å². The molecule has 0 spiro atoms. The molecule has 0 unspecified atom stereocenters. The Hall–Kier alpha value is -1.70. The first-order chi connectivity index (χ1) is 8.24. The number of hydrogen-bond acceptors (Lipinski definition) is 4. The molecule has 3 rings (SSSR count). The summed E-state index contributed by atoms with van der Waals surface area (Å²) in [4.78, 5) is 17.4. The molecule has 1 fully saturated rings. The van der Waals surface area contributed by atoms with Crippen LogP contribution < -0.4 is 0 Å². The zero-order valence-electron chi connectivity index (χ0n) is 8.75. The standard InChI is InChI=1S/C9H9BrN6O/c10-6-1-13-16(2-6)7-3-15(4-7)9(17)8-11-5-12-14-8/h1-2,5,7H,3-4H2,(H,11,12,14). The molecule has 0 aromatic carbocycles. The first-order valence-corrected chi connectivity index (χ1v) is 5.87. The van der Waals surface area contributed by atoms with Crippen LogP contribution in [0.4, 0.5) is 0 Å². The number of carbonyl (C=O) groups excluding carboxylic acids is 1. The van der Waals surface area contributed by atoms with Crippen LogP contribution in [0.1, 0.15) is 16.7 Å². The Balaban J connectivity index is 1.63. The van der Waals surface area contributed by atoms with E-state index in [1.165, 1.54) is 6.33 Å². The predicted molar refractivity (Wildman–Crippen MR) is 61.3 cm³/mol. The molecule has 0 aliphatic carbocycles. The van der Waals surface area contributed by atoms with Crippen LogP contribution in [0.2, 0.25) is 0 Å². The lowest BCUT2D eigenvalue weighted by Gasteiger charge is -2.38. The number of nitrogens with zero attached hydrogens (tertiary/aromatic N) is 5. The Morgan fingerprint density at radius 1 is 1.53 bits per heavy atom. The van der Waals surface area contributed by atoms with Gasteiger partial charge in [-0.25, -0.2) is 4.98 Å². The number of halogens is 1. The van der Waals surface area contributed by atoms with Crippen molar-refractivity contribution in [2.75, 3.05) is 13.1 Å². The van der Waals surface area contributed by atoms with Gasteiger partial charge in [-0.1, -0.05) is 0 Å². The van der Waals surface area contributed by atoms with Crippen LogP contribution in [0.3, 0.4) is 0 Å². The van der Waals surface area contributed by atoms with E-state index in [0.717, 1.165) is 4.47 Å². The van der Waals surface area contributed by atoms with Crippen molar-refractivity contribution < 1.29 is 4.79 Å². The minimum absolute atomic E-state index is 0.120. The van der Waals surface area contributed by atoms with Gasteiger partial charge in [-0.3, -0.25) is 14.6 Å². The fourth-order valence-corrected chi connectivity index (χ4v) is 2.06. The third-order valence-corrected chi connectivity index (χ3v) is 3.12. The van der Waals surface area contributed by atoms with Crippen LogP contribution in [0.25, 0.3) is 0 Å². The maximum Gasteiger partial charge on any atom is 0.291 e. The lowest BCUT2D eigenvalue weighted by Crippen LogP contribution is -2.51. The van der Waals surface area contributed by atoms with Gasteiger partial charge in [-0.05, 0) is 15.9 Å². The lowest BCUT2D eigenvalue weighted by molar-refractivity contribution is 0.0489. The van der Waals surface area contributed by atoms with Crippen molar-refractivity contribution in [3.8, 4) is 0 Å². The second-order valence-corrected chi connectivity index (χ2v) is 4.75. The SMILES string of the molecule is O=C(c1ncn[nH]1)N1CC(n2cc(Br)cn2)C1. The van der Waals surface area contributed by atoms with Gasteiger partial charge in [0.15, 0.2) is 0 Å². The molecular formula is C9H9BrN6O. The molecule has 17 heavy (non-hydrogen) atoms. The molecule has 2 aromatic heterocycles. The minimum Gasteiger partial charge on any atom is -0.332 e. The number of H-pyrrole nitrogens is 1. The van der Waals surface area contributed by atoms with E-state index in [2.05, 4.69) is 36.2 Å². The van der Waals surface area contributed by atoms with Gasteiger partial charge in [0.05, 0.1) is 16.7 Å². The van der Waals surface area contributed by atoms with Crippen molar-refractivity contribution in [2.45, 2.75) is 6.04 Å². The molecule has 0 saturated carbocycles. The number of amides is 1. The van der Waals surface area contributed by atoms with Gasteiger partial charge >= 0.3 is 0 Å². The highest BCUT2D eigenvalue weighted by Gasteiger charge is 2.33. The van der Waals surface area contributed by atoms with Gasteiger partial charge < -0.3 is 4.90 Å². The smallest absolute Gasteiger partial charge is 0.291 e. The van der Waals surface area contributed by atoms with Crippen LogP contribution in [-0.4, -0.2) is 48.9 Å². The summed E-state index contributed by atoms with van der Waals surface area (Å²) in [6.45, 7) is 1.29. The zero-order valence-corrected chi connectivity index (χ0v) is 10.3. The van der Waals surface area contributed by atoms with E-state index in [-0.39, 0.29) is 17.8 Å². The number of carbonyl (C=O) groups is 1. The second kappa shape index (κ2) is 3.95. The van der Waals surface area contributed by atoms with E-state index >= 15 is 0 Å². The van der Waals surface area contributed by atoms with E-state index in [0.29, 0.717) is 13.1 Å². The van der Waals surface area contributed by atoms with Crippen LogP contribution in [0.5, 0.6) is 0 Å². The summed E-state index contributed by atoms with van der Waals surface area (Å²) in [5, 5.41) is 10.4. The third-order valence-electron chi connectivity index (χ3n) is 2.71. The molecule has 1 aliphatic heterocycles. The molecule has 0 atom stereocenters. The van der Waals surface area contributed by atoms with Crippen molar-refractivity contribution in [1.29, 1.82) is 0 Å². The lowest BCUT2D eigenvalue weighted by atomic mass is 10.1. The summed E-state index contributed by atoms with van der Waals surface area (Å²) in [5.41, 5.74) is 0. The number of rotatable bonds is 2. The summed E-state index contributed by atoms with van der Waals surface area (Å²) < 4.78 is 2.80. The van der Waals surface area contributed by atoms with E-state index in [4.69, 9.17) is 0 Å². The molecule has 1 N–H and O–H groups in total. The van der Waals surface area contributed by atoms with Gasteiger partial charge in [0.2, 0.25) is 5.82 Å². The summed E-state index contributed by atoms with van der Waals surface area (Å²) in [7, 11) is 0. The summed E-state index contributed by atoms with van der Waals surface area (Å²) >= 11 is 3.34. The Bertz CT molecular complexity index is 529.